The van der Waals surface area contributed by atoms with Crippen molar-refractivity contribution in [2.45, 2.75) is 64.7 Å². The van der Waals surface area contributed by atoms with Crippen LogP contribution in [0.15, 0.2) is 36.8 Å². The number of hydrogen-bond donors (Lipinski definition) is 1. The Labute approximate surface area is 202 Å². The van der Waals surface area contributed by atoms with Gasteiger partial charge in [-0.3, -0.25) is 0 Å². The maximum Gasteiger partial charge on any atom is 0.407 e. The molecule has 0 aromatic carbocycles. The molecule has 0 aliphatic heterocycles. The van der Waals surface area contributed by atoms with E-state index in [2.05, 4.69) is 25.1 Å². The van der Waals surface area contributed by atoms with Crippen molar-refractivity contribution in [3.05, 3.63) is 36.8 Å². The van der Waals surface area contributed by atoms with E-state index >= 15 is 0 Å². The van der Waals surface area contributed by atoms with Gasteiger partial charge in [-0.15, -0.1) is 0 Å². The van der Waals surface area contributed by atoms with Gasteiger partial charge in [-0.2, -0.15) is 0 Å². The minimum absolute atomic E-state index is 0.00448. The van der Waals surface area contributed by atoms with Crippen LogP contribution in [0, 0.1) is 0 Å². The van der Waals surface area contributed by atoms with Crippen molar-refractivity contribution in [1.82, 2.24) is 5.32 Å². The molecule has 0 spiro atoms. The first-order chi connectivity index (χ1) is 16.2. The van der Waals surface area contributed by atoms with Crippen LogP contribution in [0.4, 0.5) is 4.79 Å². The summed E-state index contributed by atoms with van der Waals surface area (Å²) in [6.07, 6.45) is 1.94. The van der Waals surface area contributed by atoms with E-state index in [1.54, 1.807) is 20.8 Å². The second kappa shape index (κ2) is 17.0. The van der Waals surface area contributed by atoms with E-state index in [0.29, 0.717) is 23.7 Å². The Morgan fingerprint density at radius 2 is 1.41 bits per heavy atom. The van der Waals surface area contributed by atoms with Crippen LogP contribution in [0.1, 0.15) is 46.5 Å². The number of amides is 1. The predicted octanol–water partition coefficient (Wildman–Crippen LogP) is 3.58. The lowest BCUT2D eigenvalue weighted by Gasteiger charge is -2.29. The standard InChI is InChI=1S/C24H39NO9/c1-17(2)23(26)31-12-11-30-21-9-7-20(8-10-21)25-24(27)34-22(13-28-15-32-18(3)4)14-29-16-33-19(5)6/h20-22H,1,3,5,7-16H2,2,4,6H3,(H,25,27). The Kier molecular flexibility index (Phi) is 14.7. The van der Waals surface area contributed by atoms with Crippen LogP contribution >= 0.6 is 0 Å². The fourth-order valence-electron chi connectivity index (χ4n) is 2.96. The summed E-state index contributed by atoms with van der Waals surface area (Å²) in [6.45, 7) is 16.5. The number of allylic oxidation sites excluding steroid dienone is 2. The van der Waals surface area contributed by atoms with E-state index in [1.807, 2.05) is 0 Å². The van der Waals surface area contributed by atoms with E-state index < -0.39 is 18.2 Å². The molecule has 1 aliphatic rings. The zero-order chi connectivity index (χ0) is 25.3. The molecule has 34 heavy (non-hydrogen) atoms. The number of ether oxygens (including phenoxy) is 7. The maximum atomic E-state index is 12.4. The Hall–Kier alpha value is -2.56. The first-order valence-electron chi connectivity index (χ1n) is 11.3. The molecule has 0 unspecified atom stereocenters. The lowest BCUT2D eigenvalue weighted by molar-refractivity contribution is -0.141. The minimum Gasteiger partial charge on any atom is -0.473 e. The van der Waals surface area contributed by atoms with E-state index in [1.165, 1.54) is 0 Å². The van der Waals surface area contributed by atoms with Gasteiger partial charge in [-0.25, -0.2) is 9.59 Å². The quantitative estimate of drug-likeness (QED) is 0.109. The van der Waals surface area contributed by atoms with Gasteiger partial charge in [-0.05, 0) is 46.5 Å². The molecular formula is C24H39NO9. The summed E-state index contributed by atoms with van der Waals surface area (Å²) in [5.41, 5.74) is 0.360. The van der Waals surface area contributed by atoms with Gasteiger partial charge in [0.2, 0.25) is 0 Å². The number of hydrogen-bond acceptors (Lipinski definition) is 9. The highest BCUT2D eigenvalue weighted by Crippen LogP contribution is 2.21. The van der Waals surface area contributed by atoms with Gasteiger partial charge in [0.25, 0.3) is 0 Å². The number of carbonyl (C=O) groups is 2. The van der Waals surface area contributed by atoms with E-state index in [-0.39, 0.29) is 45.6 Å². The minimum atomic E-state index is -0.649. The lowest BCUT2D eigenvalue weighted by Crippen LogP contribution is -2.42. The smallest absolute Gasteiger partial charge is 0.407 e. The Balaban J connectivity index is 2.31. The van der Waals surface area contributed by atoms with Crippen LogP contribution in [-0.2, 0) is 38.0 Å². The van der Waals surface area contributed by atoms with Gasteiger partial charge in [-0.1, -0.05) is 19.7 Å². The molecule has 194 valence electrons. The molecule has 1 amide bonds. The third kappa shape index (κ3) is 14.6. The fourth-order valence-corrected chi connectivity index (χ4v) is 2.96. The molecule has 1 rings (SSSR count). The molecule has 1 fully saturated rings. The van der Waals surface area contributed by atoms with Gasteiger partial charge < -0.3 is 38.5 Å². The van der Waals surface area contributed by atoms with Crippen LogP contribution in [0.3, 0.4) is 0 Å². The second-order valence-electron chi connectivity index (χ2n) is 8.10. The molecule has 0 bridgehead atoms. The summed E-state index contributed by atoms with van der Waals surface area (Å²) in [5, 5.41) is 2.88. The zero-order valence-corrected chi connectivity index (χ0v) is 20.6. The molecular weight excluding hydrogens is 446 g/mol. The molecule has 1 N–H and O–H groups in total. The maximum absolute atomic E-state index is 12.4. The molecule has 0 aromatic rings. The summed E-state index contributed by atoms with van der Waals surface area (Å²) in [7, 11) is 0. The predicted molar refractivity (Wildman–Crippen MR) is 125 cm³/mol. The molecule has 0 heterocycles. The first kappa shape index (κ1) is 29.5. The van der Waals surface area contributed by atoms with Crippen molar-refractivity contribution >= 4 is 12.1 Å². The van der Waals surface area contributed by atoms with Gasteiger partial charge in [0.05, 0.1) is 37.4 Å². The first-order valence-corrected chi connectivity index (χ1v) is 11.3. The summed E-state index contributed by atoms with van der Waals surface area (Å²) in [5.74, 6) is 0.623. The van der Waals surface area contributed by atoms with Crippen LogP contribution in [0.5, 0.6) is 0 Å². The third-order valence-electron chi connectivity index (χ3n) is 4.67. The highest BCUT2D eigenvalue weighted by molar-refractivity contribution is 5.86. The largest absolute Gasteiger partial charge is 0.473 e. The summed E-state index contributed by atoms with van der Waals surface area (Å²) >= 11 is 0. The molecule has 0 aromatic heterocycles. The average Bonchev–Trinajstić information content (AvgIpc) is 2.77. The van der Waals surface area contributed by atoms with Gasteiger partial charge in [0, 0.05) is 11.6 Å². The summed E-state index contributed by atoms with van der Waals surface area (Å²) in [4.78, 5) is 23.7. The Morgan fingerprint density at radius 1 is 0.853 bits per heavy atom. The van der Waals surface area contributed by atoms with Gasteiger partial charge in [0.15, 0.2) is 19.7 Å². The molecule has 1 saturated carbocycles. The number of carbonyl (C=O) groups excluding carboxylic acids is 2. The highest BCUT2D eigenvalue weighted by Gasteiger charge is 2.25. The second-order valence-corrected chi connectivity index (χ2v) is 8.10. The van der Waals surface area contributed by atoms with Crippen LogP contribution < -0.4 is 5.32 Å². The van der Waals surface area contributed by atoms with Crippen molar-refractivity contribution in [2.24, 2.45) is 0 Å². The molecule has 10 nitrogen and oxygen atoms in total. The van der Waals surface area contributed by atoms with Crippen molar-refractivity contribution in [2.75, 3.05) is 40.0 Å². The highest BCUT2D eigenvalue weighted by atomic mass is 16.7. The molecule has 0 atom stereocenters. The number of alkyl carbamates (subject to hydrolysis) is 1. The van der Waals surface area contributed by atoms with Gasteiger partial charge in [0.1, 0.15) is 6.61 Å². The van der Waals surface area contributed by atoms with Crippen LogP contribution in [0.25, 0.3) is 0 Å². The molecule has 0 saturated heterocycles. The van der Waals surface area contributed by atoms with Crippen LogP contribution in [0.2, 0.25) is 0 Å². The van der Waals surface area contributed by atoms with E-state index in [4.69, 9.17) is 33.2 Å². The lowest BCUT2D eigenvalue weighted by atomic mass is 9.93. The zero-order valence-electron chi connectivity index (χ0n) is 20.6. The van der Waals surface area contributed by atoms with Crippen LogP contribution in [-0.4, -0.2) is 70.3 Å². The summed E-state index contributed by atoms with van der Waals surface area (Å²) in [6, 6.07) is -0.0189. The Bertz CT molecular complexity index is 649. The molecule has 1 aliphatic carbocycles. The molecule has 10 heteroatoms. The number of rotatable bonds is 17. The Morgan fingerprint density at radius 3 is 1.91 bits per heavy atom. The number of esters is 1. The van der Waals surface area contributed by atoms with Crippen molar-refractivity contribution in [3.8, 4) is 0 Å². The van der Waals surface area contributed by atoms with Crippen molar-refractivity contribution in [3.63, 3.8) is 0 Å². The molecule has 0 radical (unpaired) electrons. The van der Waals surface area contributed by atoms with E-state index in [0.717, 1.165) is 25.7 Å². The van der Waals surface area contributed by atoms with Gasteiger partial charge >= 0.3 is 12.1 Å². The summed E-state index contributed by atoms with van der Waals surface area (Å²) < 4.78 is 37.3. The van der Waals surface area contributed by atoms with E-state index in [9.17, 15) is 9.59 Å². The number of nitrogens with one attached hydrogen (secondary N) is 1. The SMILES string of the molecule is C=C(C)OCOCC(COCOC(=C)C)OC(=O)NC1CCC(OCCOC(=O)C(=C)C)CC1. The third-order valence-corrected chi connectivity index (χ3v) is 4.67. The topological polar surface area (TPSA) is 111 Å². The van der Waals surface area contributed by atoms with Crippen molar-refractivity contribution in [1.29, 1.82) is 0 Å². The fraction of sp³-hybridized carbons (Fsp3) is 0.667. The monoisotopic (exact) mass is 485 g/mol. The average molecular weight is 486 g/mol. The van der Waals surface area contributed by atoms with Crippen molar-refractivity contribution < 1.29 is 42.7 Å². The normalized spacial score (nSPS) is 17.5.